The molecule has 4 heteroatoms. The van der Waals surface area contributed by atoms with Crippen molar-refractivity contribution in [3.63, 3.8) is 0 Å². The van der Waals surface area contributed by atoms with Gasteiger partial charge in [-0.1, -0.05) is 83.3 Å². The fourth-order valence-corrected chi connectivity index (χ4v) is 4.86. The van der Waals surface area contributed by atoms with E-state index in [1.54, 1.807) is 6.92 Å². The van der Waals surface area contributed by atoms with Crippen molar-refractivity contribution in [2.24, 2.45) is 4.99 Å². The maximum Gasteiger partial charge on any atom is 0.217 e. The van der Waals surface area contributed by atoms with Crippen molar-refractivity contribution in [3.05, 3.63) is 12.2 Å². The average Bonchev–Trinajstić information content (AvgIpc) is 3.18. The Hall–Kier alpha value is -1.16. The second-order valence-electron chi connectivity index (χ2n) is 9.73. The predicted molar refractivity (Wildman–Crippen MR) is 140 cm³/mol. The molecule has 1 unspecified atom stereocenters. The molecule has 0 radical (unpaired) electrons. The highest BCUT2D eigenvalue weighted by Gasteiger charge is 2.35. The number of hydrogen-bond acceptors (Lipinski definition) is 2. The maximum atomic E-state index is 11.2. The number of rotatable bonds is 21. The van der Waals surface area contributed by atoms with Crippen LogP contribution in [0, 0.1) is 0 Å². The molecule has 1 N–H and O–H groups in total. The molecule has 0 bridgehead atoms. The number of nitrogens with one attached hydrogen (secondary N) is 1. The molecule has 1 aliphatic heterocycles. The van der Waals surface area contributed by atoms with E-state index in [1.807, 2.05) is 0 Å². The molecule has 186 valence electrons. The Bertz CT molecular complexity index is 529. The fraction of sp³-hybridized carbons (Fsp3) is 0.857. The lowest BCUT2D eigenvalue weighted by atomic mass is 10.1. The van der Waals surface area contributed by atoms with Crippen LogP contribution in [0.1, 0.15) is 124 Å². The maximum absolute atomic E-state index is 11.2. The van der Waals surface area contributed by atoms with Gasteiger partial charge in [0, 0.05) is 13.3 Å². The number of carbonyl (C=O) groups excluding carboxylic acids is 1. The van der Waals surface area contributed by atoms with Gasteiger partial charge < -0.3 is 5.32 Å². The van der Waals surface area contributed by atoms with E-state index in [0.717, 1.165) is 43.6 Å². The zero-order valence-electron chi connectivity index (χ0n) is 21.8. The number of allylic oxidation sites excluding steroid dienone is 2. The summed E-state index contributed by atoms with van der Waals surface area (Å²) in [6.45, 7) is 11.0. The smallest absolute Gasteiger partial charge is 0.217 e. The number of quaternary nitrogens is 1. The highest BCUT2D eigenvalue weighted by atomic mass is 16.1. The van der Waals surface area contributed by atoms with Crippen molar-refractivity contribution in [2.75, 3.05) is 32.7 Å². The second-order valence-corrected chi connectivity index (χ2v) is 9.73. The Morgan fingerprint density at radius 2 is 1.44 bits per heavy atom. The minimum Gasteiger partial charge on any atom is -0.351 e. The van der Waals surface area contributed by atoms with Gasteiger partial charge in [-0.15, -0.1) is 0 Å². The van der Waals surface area contributed by atoms with E-state index in [0.29, 0.717) is 0 Å². The molecule has 0 aromatic heterocycles. The Morgan fingerprint density at radius 3 is 2.00 bits per heavy atom. The molecule has 0 saturated heterocycles. The number of likely N-dealkylation sites (N-methyl/N-ethyl adjacent to an activating group) is 1. The van der Waals surface area contributed by atoms with Gasteiger partial charge in [-0.3, -0.25) is 9.28 Å². The molecule has 1 aliphatic rings. The molecule has 0 saturated carbocycles. The summed E-state index contributed by atoms with van der Waals surface area (Å²) < 4.78 is 0.981. The lowest BCUT2D eigenvalue weighted by Gasteiger charge is -2.33. The Labute approximate surface area is 199 Å². The third-order valence-electron chi connectivity index (χ3n) is 7.05. The molecule has 1 atom stereocenters. The van der Waals surface area contributed by atoms with Crippen LogP contribution < -0.4 is 5.32 Å². The number of unbranched alkanes of at least 4 members (excludes halogenated alkanes) is 13. The molecule has 0 aromatic carbocycles. The van der Waals surface area contributed by atoms with E-state index in [9.17, 15) is 4.79 Å². The predicted octanol–water partition coefficient (Wildman–Crippen LogP) is 7.19. The summed E-state index contributed by atoms with van der Waals surface area (Å²) >= 11 is 0. The summed E-state index contributed by atoms with van der Waals surface area (Å²) in [5.41, 5.74) is 0. The second kappa shape index (κ2) is 19.3. The first-order valence-corrected chi connectivity index (χ1v) is 13.9. The molecular weight excluding hydrogens is 394 g/mol. The number of carbonyl (C=O) groups is 1. The third-order valence-corrected chi connectivity index (χ3v) is 7.05. The molecule has 1 heterocycles. The summed E-state index contributed by atoms with van der Waals surface area (Å²) in [6.07, 6.45) is 26.4. The summed E-state index contributed by atoms with van der Waals surface area (Å²) in [4.78, 5) is 16.0. The van der Waals surface area contributed by atoms with E-state index in [2.05, 4.69) is 31.3 Å². The summed E-state index contributed by atoms with van der Waals surface area (Å²) in [5, 5.41) is 2.96. The van der Waals surface area contributed by atoms with Crippen LogP contribution in [0.2, 0.25) is 0 Å². The topological polar surface area (TPSA) is 41.5 Å². The van der Waals surface area contributed by atoms with Crippen LogP contribution in [0.15, 0.2) is 17.1 Å². The highest BCUT2D eigenvalue weighted by molar-refractivity contribution is 5.77. The van der Waals surface area contributed by atoms with Gasteiger partial charge in [0.05, 0.1) is 19.6 Å². The lowest BCUT2D eigenvalue weighted by Crippen LogP contribution is -2.54. The van der Waals surface area contributed by atoms with Crippen molar-refractivity contribution >= 4 is 11.7 Å². The van der Waals surface area contributed by atoms with E-state index in [1.165, 1.54) is 102 Å². The first-order valence-electron chi connectivity index (χ1n) is 13.9. The Kier molecular flexibility index (Phi) is 17.4. The molecule has 0 fully saturated rings. The number of aliphatic imine (C=N–C) groups is 1. The van der Waals surface area contributed by atoms with Gasteiger partial charge in [-0.05, 0) is 39.0 Å². The van der Waals surface area contributed by atoms with Crippen LogP contribution >= 0.6 is 0 Å². The quantitative estimate of drug-likeness (QED) is 0.113. The van der Waals surface area contributed by atoms with Gasteiger partial charge in [-0.25, -0.2) is 4.99 Å². The number of hydrogen-bond donors (Lipinski definition) is 1. The number of amides is 1. The van der Waals surface area contributed by atoms with Gasteiger partial charge in [0.25, 0.3) is 0 Å². The fourth-order valence-electron chi connectivity index (χ4n) is 4.86. The van der Waals surface area contributed by atoms with Gasteiger partial charge >= 0.3 is 0 Å². The highest BCUT2D eigenvalue weighted by Crippen LogP contribution is 2.19. The van der Waals surface area contributed by atoms with Crippen LogP contribution in [0.5, 0.6) is 0 Å². The van der Waals surface area contributed by atoms with Crippen molar-refractivity contribution < 1.29 is 9.28 Å². The van der Waals surface area contributed by atoms with E-state index < -0.39 is 0 Å². The standard InChI is InChI=1S/C28H53N3O/c1-4-6-7-8-9-10-11-12-13-14-15-16-17-18-19-20-21-22-28-30-24-26-31(28,5-2)25-23-29-27(3)32/h17-18H,4-16,19-26H2,1-3H3/p+1/b18-17+. The lowest BCUT2D eigenvalue weighted by molar-refractivity contribution is -0.833. The minimum absolute atomic E-state index is 0.0666. The molecule has 0 spiro atoms. The molecular formula is C28H54N3O+. The van der Waals surface area contributed by atoms with Crippen molar-refractivity contribution in [1.82, 2.24) is 5.32 Å². The average molecular weight is 449 g/mol. The normalized spacial score (nSPS) is 18.4. The van der Waals surface area contributed by atoms with Crippen LogP contribution in [0.25, 0.3) is 0 Å². The zero-order chi connectivity index (χ0) is 23.3. The van der Waals surface area contributed by atoms with Gasteiger partial charge in [0.15, 0.2) is 5.84 Å². The first-order chi connectivity index (χ1) is 15.6. The van der Waals surface area contributed by atoms with Crippen molar-refractivity contribution in [3.8, 4) is 0 Å². The summed E-state index contributed by atoms with van der Waals surface area (Å²) in [7, 11) is 0. The Balaban J connectivity index is 1.98. The SMILES string of the molecule is CCCCCCCCCCCCC/C=C/CCCCC1=NCC[N+]1(CC)CCNC(C)=O. The Morgan fingerprint density at radius 1 is 0.875 bits per heavy atom. The van der Waals surface area contributed by atoms with E-state index in [4.69, 9.17) is 4.99 Å². The molecule has 4 nitrogen and oxygen atoms in total. The summed E-state index contributed by atoms with van der Waals surface area (Å²) in [6, 6.07) is 0. The summed E-state index contributed by atoms with van der Waals surface area (Å²) in [5.74, 6) is 1.43. The minimum atomic E-state index is 0.0666. The first kappa shape index (κ1) is 28.9. The molecule has 32 heavy (non-hydrogen) atoms. The van der Waals surface area contributed by atoms with Gasteiger partial charge in [0.1, 0.15) is 13.1 Å². The number of nitrogens with zero attached hydrogens (tertiary/aromatic N) is 2. The van der Waals surface area contributed by atoms with Crippen LogP contribution in [-0.4, -0.2) is 48.9 Å². The van der Waals surface area contributed by atoms with Crippen molar-refractivity contribution in [1.29, 1.82) is 0 Å². The molecule has 1 rings (SSSR count). The monoisotopic (exact) mass is 448 g/mol. The van der Waals surface area contributed by atoms with Crippen LogP contribution in [-0.2, 0) is 4.79 Å². The zero-order valence-corrected chi connectivity index (χ0v) is 21.8. The molecule has 1 amide bonds. The largest absolute Gasteiger partial charge is 0.351 e. The van der Waals surface area contributed by atoms with E-state index >= 15 is 0 Å². The van der Waals surface area contributed by atoms with Crippen LogP contribution in [0.4, 0.5) is 0 Å². The van der Waals surface area contributed by atoms with Gasteiger partial charge in [-0.2, -0.15) is 0 Å². The molecule has 0 aromatic rings. The molecule has 0 aliphatic carbocycles. The van der Waals surface area contributed by atoms with Gasteiger partial charge in [0.2, 0.25) is 5.91 Å². The van der Waals surface area contributed by atoms with Crippen molar-refractivity contribution in [2.45, 2.75) is 124 Å². The number of amidine groups is 1. The third kappa shape index (κ3) is 13.4. The van der Waals surface area contributed by atoms with Crippen LogP contribution in [0.3, 0.4) is 0 Å². The van der Waals surface area contributed by atoms with E-state index in [-0.39, 0.29) is 5.91 Å².